The molecule has 1 atom stereocenters. The molecule has 3 rings (SSSR count). The van der Waals surface area contributed by atoms with Gasteiger partial charge < -0.3 is 5.32 Å². The van der Waals surface area contributed by atoms with Gasteiger partial charge in [-0.05, 0) is 37.3 Å². The highest BCUT2D eigenvalue weighted by Crippen LogP contribution is 2.25. The van der Waals surface area contributed by atoms with E-state index in [1.165, 1.54) is 23.9 Å². The molecule has 8 heteroatoms. The Morgan fingerprint density at radius 1 is 1.28 bits per heavy atom. The Bertz CT molecular complexity index is 887. The number of hydrogen-bond acceptors (Lipinski definition) is 4. The zero-order valence-corrected chi connectivity index (χ0v) is 14.8. The molecule has 0 saturated heterocycles. The number of amides is 1. The maximum atomic E-state index is 13.8. The first-order valence-electron chi connectivity index (χ1n) is 7.42. The minimum atomic E-state index is -0.578. The molecule has 0 saturated carbocycles. The Kier molecular flexibility index (Phi) is 5.35. The molecule has 1 unspecified atom stereocenters. The number of thioether (sulfide) groups is 1. The molecule has 0 aliphatic rings. The topological polar surface area (TPSA) is 59.8 Å². The number of benzene rings is 2. The van der Waals surface area contributed by atoms with Crippen LogP contribution in [0.5, 0.6) is 0 Å². The molecule has 3 aromatic rings. The number of carbonyl (C=O) groups is 1. The number of hydrogen-bond donors (Lipinski definition) is 1. The average Bonchev–Trinajstić information content (AvgIpc) is 3.06. The highest BCUT2D eigenvalue weighted by atomic mass is 35.5. The van der Waals surface area contributed by atoms with Crippen molar-refractivity contribution < 1.29 is 9.18 Å². The molecule has 0 fully saturated rings. The van der Waals surface area contributed by atoms with Crippen LogP contribution in [0, 0.1) is 5.82 Å². The van der Waals surface area contributed by atoms with Crippen molar-refractivity contribution in [2.45, 2.75) is 17.3 Å². The largest absolute Gasteiger partial charge is 0.323 e. The van der Waals surface area contributed by atoms with Gasteiger partial charge in [-0.3, -0.25) is 9.36 Å². The Morgan fingerprint density at radius 3 is 2.76 bits per heavy atom. The molecule has 1 amide bonds. The van der Waals surface area contributed by atoms with Crippen molar-refractivity contribution in [3.05, 3.63) is 65.7 Å². The smallest absolute Gasteiger partial charge is 0.237 e. The van der Waals surface area contributed by atoms with Crippen molar-refractivity contribution in [3.63, 3.8) is 0 Å². The fraction of sp³-hybridized carbons (Fsp3) is 0.118. The second-order valence-electron chi connectivity index (χ2n) is 5.19. The Hall–Kier alpha value is -2.38. The number of rotatable bonds is 5. The van der Waals surface area contributed by atoms with E-state index in [-0.39, 0.29) is 16.6 Å². The van der Waals surface area contributed by atoms with E-state index in [9.17, 15) is 9.18 Å². The van der Waals surface area contributed by atoms with Gasteiger partial charge in [0.15, 0.2) is 5.16 Å². The summed E-state index contributed by atoms with van der Waals surface area (Å²) in [5, 5.41) is 10.9. The Balaban J connectivity index is 1.71. The third kappa shape index (κ3) is 4.18. The molecular formula is C17H14ClFN4OS. The van der Waals surface area contributed by atoms with Crippen LogP contribution in [0.15, 0.2) is 60.0 Å². The second kappa shape index (κ2) is 7.67. The van der Waals surface area contributed by atoms with Crippen molar-refractivity contribution in [1.82, 2.24) is 14.8 Å². The maximum absolute atomic E-state index is 13.8. The minimum Gasteiger partial charge on any atom is -0.323 e. The zero-order chi connectivity index (χ0) is 17.8. The first-order chi connectivity index (χ1) is 12.0. The monoisotopic (exact) mass is 376 g/mol. The molecule has 2 aromatic carbocycles. The molecule has 0 radical (unpaired) electrons. The van der Waals surface area contributed by atoms with E-state index in [2.05, 4.69) is 15.5 Å². The molecular weight excluding hydrogens is 363 g/mol. The molecule has 1 aromatic heterocycles. The SMILES string of the molecule is CC(Sc1nncn1-c1ccccc1)C(=O)Nc1ccc(Cl)cc1F. The summed E-state index contributed by atoms with van der Waals surface area (Å²) in [4.78, 5) is 12.3. The van der Waals surface area contributed by atoms with E-state index >= 15 is 0 Å². The predicted molar refractivity (Wildman–Crippen MR) is 96.7 cm³/mol. The van der Waals surface area contributed by atoms with Gasteiger partial charge in [-0.25, -0.2) is 4.39 Å². The lowest BCUT2D eigenvalue weighted by Gasteiger charge is -2.13. The Morgan fingerprint density at radius 2 is 2.04 bits per heavy atom. The highest BCUT2D eigenvalue weighted by molar-refractivity contribution is 8.00. The number of carbonyl (C=O) groups excluding carboxylic acids is 1. The lowest BCUT2D eigenvalue weighted by molar-refractivity contribution is -0.115. The molecule has 128 valence electrons. The number of para-hydroxylation sites is 1. The van der Waals surface area contributed by atoms with E-state index in [1.807, 2.05) is 30.3 Å². The van der Waals surface area contributed by atoms with Crippen LogP contribution in [0.3, 0.4) is 0 Å². The van der Waals surface area contributed by atoms with E-state index in [0.717, 1.165) is 11.8 Å². The van der Waals surface area contributed by atoms with Gasteiger partial charge in [0.2, 0.25) is 5.91 Å². The lowest BCUT2D eigenvalue weighted by Crippen LogP contribution is -2.23. The zero-order valence-electron chi connectivity index (χ0n) is 13.2. The third-order valence-electron chi connectivity index (χ3n) is 3.39. The molecule has 0 aliphatic carbocycles. The number of aromatic nitrogens is 3. The highest BCUT2D eigenvalue weighted by Gasteiger charge is 2.19. The van der Waals surface area contributed by atoms with Crippen LogP contribution in [0.2, 0.25) is 5.02 Å². The number of nitrogens with one attached hydrogen (secondary N) is 1. The fourth-order valence-corrected chi connectivity index (χ4v) is 3.11. The summed E-state index contributed by atoms with van der Waals surface area (Å²) in [6, 6.07) is 13.7. The Labute approximate surface area is 153 Å². The molecule has 0 spiro atoms. The molecule has 0 aliphatic heterocycles. The first-order valence-corrected chi connectivity index (χ1v) is 8.68. The van der Waals surface area contributed by atoms with Gasteiger partial charge in [0, 0.05) is 10.7 Å². The number of nitrogens with zero attached hydrogens (tertiary/aromatic N) is 3. The van der Waals surface area contributed by atoms with Gasteiger partial charge in [0.1, 0.15) is 12.1 Å². The fourth-order valence-electron chi connectivity index (χ4n) is 2.11. The minimum absolute atomic E-state index is 0.0892. The maximum Gasteiger partial charge on any atom is 0.237 e. The summed E-state index contributed by atoms with van der Waals surface area (Å²) in [6.07, 6.45) is 1.58. The normalized spacial score (nSPS) is 12.0. The van der Waals surface area contributed by atoms with Crippen LogP contribution in [0.1, 0.15) is 6.92 Å². The summed E-state index contributed by atoms with van der Waals surface area (Å²) in [5.74, 6) is -0.917. The summed E-state index contributed by atoms with van der Waals surface area (Å²) in [6.45, 7) is 1.72. The van der Waals surface area contributed by atoms with Crippen molar-refractivity contribution in [1.29, 1.82) is 0 Å². The standard InChI is InChI=1S/C17H14ClFN4OS/c1-11(16(24)21-15-8-7-12(18)9-14(15)19)25-17-22-20-10-23(17)13-5-3-2-4-6-13/h2-11H,1H3,(H,21,24). The number of anilines is 1. The number of halogens is 2. The predicted octanol–water partition coefficient (Wildman–Crippen LogP) is 4.18. The average molecular weight is 377 g/mol. The second-order valence-corrected chi connectivity index (χ2v) is 6.94. The van der Waals surface area contributed by atoms with Crippen LogP contribution in [-0.4, -0.2) is 25.9 Å². The third-order valence-corrected chi connectivity index (χ3v) is 4.68. The first kappa shape index (κ1) is 17.4. The van der Waals surface area contributed by atoms with Crippen LogP contribution in [-0.2, 0) is 4.79 Å². The van der Waals surface area contributed by atoms with Crippen LogP contribution >= 0.6 is 23.4 Å². The van der Waals surface area contributed by atoms with E-state index in [0.29, 0.717) is 5.16 Å². The summed E-state index contributed by atoms with van der Waals surface area (Å²) in [7, 11) is 0. The molecule has 0 bridgehead atoms. The van der Waals surface area contributed by atoms with Crippen LogP contribution < -0.4 is 5.32 Å². The van der Waals surface area contributed by atoms with E-state index in [1.54, 1.807) is 17.8 Å². The van der Waals surface area contributed by atoms with E-state index in [4.69, 9.17) is 11.6 Å². The van der Waals surface area contributed by atoms with Crippen LogP contribution in [0.25, 0.3) is 5.69 Å². The summed E-state index contributed by atoms with van der Waals surface area (Å²) in [5.41, 5.74) is 0.984. The van der Waals surface area contributed by atoms with Crippen molar-refractivity contribution in [3.8, 4) is 5.69 Å². The van der Waals surface area contributed by atoms with Crippen molar-refractivity contribution >= 4 is 35.0 Å². The van der Waals surface area contributed by atoms with E-state index < -0.39 is 11.1 Å². The summed E-state index contributed by atoms with van der Waals surface area (Å²) < 4.78 is 15.6. The molecule has 1 heterocycles. The molecule has 1 N–H and O–H groups in total. The summed E-state index contributed by atoms with van der Waals surface area (Å²) >= 11 is 6.95. The van der Waals surface area contributed by atoms with Crippen molar-refractivity contribution in [2.24, 2.45) is 0 Å². The van der Waals surface area contributed by atoms with Gasteiger partial charge in [-0.1, -0.05) is 41.6 Å². The van der Waals surface area contributed by atoms with Gasteiger partial charge in [0.25, 0.3) is 0 Å². The van der Waals surface area contributed by atoms with Gasteiger partial charge in [0.05, 0.1) is 10.9 Å². The lowest BCUT2D eigenvalue weighted by atomic mass is 10.3. The molecule has 25 heavy (non-hydrogen) atoms. The van der Waals surface area contributed by atoms with Gasteiger partial charge in [-0.15, -0.1) is 10.2 Å². The molecule has 5 nitrogen and oxygen atoms in total. The van der Waals surface area contributed by atoms with Crippen LogP contribution in [0.4, 0.5) is 10.1 Å². The quantitative estimate of drug-likeness (QED) is 0.678. The van der Waals surface area contributed by atoms with Gasteiger partial charge >= 0.3 is 0 Å². The van der Waals surface area contributed by atoms with Gasteiger partial charge in [-0.2, -0.15) is 0 Å². The van der Waals surface area contributed by atoms with Crippen molar-refractivity contribution in [2.75, 3.05) is 5.32 Å².